The molecule has 1 heterocycles. The Hall–Kier alpha value is -0.220. The van der Waals surface area contributed by atoms with E-state index in [1.165, 1.54) is 12.1 Å². The molecule has 2 N–H and O–H groups in total. The Labute approximate surface area is 40.5 Å². The van der Waals surface area contributed by atoms with Gasteiger partial charge in [-0.2, -0.15) is 0 Å². The third-order valence-corrected chi connectivity index (χ3v) is 0.928. The Balaban J connectivity index is 2.26. The number of hydrogen-bond donors (Lipinski definition) is 2. The van der Waals surface area contributed by atoms with Crippen LogP contribution in [0.4, 0.5) is 0 Å². The second kappa shape index (κ2) is 2.04. The topological polar surface area (TPSA) is 36.4 Å². The van der Waals surface area contributed by atoms with Gasteiger partial charge in [-0.05, 0) is 0 Å². The second-order valence-electron chi connectivity index (χ2n) is 0.834. The average molecular weight is 103 g/mol. The number of rotatable bonds is 0. The van der Waals surface area contributed by atoms with Gasteiger partial charge in [0.1, 0.15) is 6.67 Å². The molecule has 0 atom stereocenters. The van der Waals surface area contributed by atoms with Crippen LogP contribution in [-0.4, -0.2) is 13.0 Å². The molecular weight excluding hydrogens is 98.1 g/mol. The highest BCUT2D eigenvalue weighted by atomic mass is 32.2. The molecule has 1 aliphatic rings. The number of aliphatic imine (C=N–C) groups is 1. The summed E-state index contributed by atoms with van der Waals surface area (Å²) in [7, 11) is 0. The molecule has 0 saturated heterocycles. The molecule has 1 rings (SSSR count). The van der Waals surface area contributed by atoms with Crippen molar-refractivity contribution in [2.24, 2.45) is 4.99 Å². The van der Waals surface area contributed by atoms with Crippen LogP contribution >= 0.6 is 12.1 Å². The molecule has 3 nitrogen and oxygen atoms in total. The lowest BCUT2D eigenvalue weighted by atomic mass is 11.1. The largest absolute Gasteiger partial charge is 0.308 e. The number of nitrogens with zero attached hydrogens (tertiary/aromatic N) is 1. The van der Waals surface area contributed by atoms with Gasteiger partial charge in [-0.15, -0.1) is 0 Å². The monoisotopic (exact) mass is 103 g/mol. The smallest absolute Gasteiger partial charge is 0.101 e. The molecule has 0 aromatic heterocycles. The van der Waals surface area contributed by atoms with Gasteiger partial charge in [0.2, 0.25) is 0 Å². The minimum absolute atomic E-state index is 0.720. The van der Waals surface area contributed by atoms with Crippen LogP contribution in [0.2, 0.25) is 0 Å². The Morgan fingerprint density at radius 3 is 3.00 bits per heavy atom. The number of hydrogen-bond acceptors (Lipinski definition) is 4. The SMILES string of the molecule is C1=NCNSN1. The van der Waals surface area contributed by atoms with Crippen molar-refractivity contribution in [1.29, 1.82) is 0 Å². The first-order chi connectivity index (χ1) is 3.00. The summed E-state index contributed by atoms with van der Waals surface area (Å²) in [5, 5.41) is 0. The maximum absolute atomic E-state index is 3.81. The lowest BCUT2D eigenvalue weighted by Gasteiger charge is -2.02. The van der Waals surface area contributed by atoms with Crippen molar-refractivity contribution in [2.45, 2.75) is 0 Å². The van der Waals surface area contributed by atoms with Crippen LogP contribution in [-0.2, 0) is 0 Å². The van der Waals surface area contributed by atoms with Gasteiger partial charge in [-0.3, -0.25) is 4.99 Å². The maximum atomic E-state index is 3.81. The third-order valence-electron chi connectivity index (χ3n) is 0.431. The standard InChI is InChI=1S/C2H5N3S/c1-3-2-5-6-4-1/h1,5H,2H2,(H,3,4). The highest BCUT2D eigenvalue weighted by Crippen LogP contribution is 1.84. The molecule has 4 heteroatoms. The Bertz CT molecular complexity index is 53.8. The van der Waals surface area contributed by atoms with Crippen LogP contribution in [0.15, 0.2) is 4.99 Å². The van der Waals surface area contributed by atoms with E-state index in [4.69, 9.17) is 0 Å². The molecule has 0 saturated carbocycles. The van der Waals surface area contributed by atoms with Gasteiger partial charge in [0.05, 0.1) is 6.34 Å². The van der Waals surface area contributed by atoms with E-state index in [1.807, 2.05) is 0 Å². The minimum Gasteiger partial charge on any atom is -0.308 e. The molecule has 34 valence electrons. The zero-order valence-corrected chi connectivity index (χ0v) is 3.96. The van der Waals surface area contributed by atoms with Crippen molar-refractivity contribution in [1.82, 2.24) is 9.44 Å². The molecule has 0 radical (unpaired) electrons. The van der Waals surface area contributed by atoms with E-state index in [0.29, 0.717) is 0 Å². The number of nitrogens with one attached hydrogen (secondary N) is 2. The maximum Gasteiger partial charge on any atom is 0.101 e. The van der Waals surface area contributed by atoms with Crippen LogP contribution in [0.5, 0.6) is 0 Å². The lowest BCUT2D eigenvalue weighted by molar-refractivity contribution is 0.965. The first-order valence-electron chi connectivity index (χ1n) is 1.62. The van der Waals surface area contributed by atoms with E-state index in [0.717, 1.165) is 6.67 Å². The summed E-state index contributed by atoms with van der Waals surface area (Å²) >= 11 is 1.45. The van der Waals surface area contributed by atoms with Gasteiger partial charge in [0.15, 0.2) is 0 Å². The van der Waals surface area contributed by atoms with Gasteiger partial charge in [0, 0.05) is 12.1 Å². The van der Waals surface area contributed by atoms with Gasteiger partial charge in [0.25, 0.3) is 0 Å². The fraction of sp³-hybridized carbons (Fsp3) is 0.500. The van der Waals surface area contributed by atoms with E-state index < -0.39 is 0 Å². The van der Waals surface area contributed by atoms with Crippen molar-refractivity contribution in [3.8, 4) is 0 Å². The highest BCUT2D eigenvalue weighted by molar-refractivity contribution is 7.96. The summed E-state index contributed by atoms with van der Waals surface area (Å²) in [6.45, 7) is 0.720. The minimum atomic E-state index is 0.720. The molecule has 1 aliphatic heterocycles. The summed E-state index contributed by atoms with van der Waals surface area (Å²) < 4.78 is 5.69. The molecule has 0 spiro atoms. The predicted octanol–water partition coefficient (Wildman–Crippen LogP) is -0.272. The molecule has 0 bridgehead atoms. The van der Waals surface area contributed by atoms with Gasteiger partial charge in [-0.25, -0.2) is 4.72 Å². The van der Waals surface area contributed by atoms with Crippen LogP contribution < -0.4 is 9.44 Å². The predicted molar refractivity (Wildman–Crippen MR) is 27.2 cm³/mol. The Morgan fingerprint density at radius 1 is 1.83 bits per heavy atom. The van der Waals surface area contributed by atoms with E-state index in [9.17, 15) is 0 Å². The molecule has 0 fully saturated rings. The summed E-state index contributed by atoms with van der Waals surface area (Å²) in [5.41, 5.74) is 0. The quantitative estimate of drug-likeness (QED) is 0.414. The molecule has 6 heavy (non-hydrogen) atoms. The Morgan fingerprint density at radius 2 is 2.83 bits per heavy atom. The first kappa shape index (κ1) is 3.95. The van der Waals surface area contributed by atoms with E-state index >= 15 is 0 Å². The normalized spacial score (nSPS) is 20.0. The third kappa shape index (κ3) is 0.874. The summed E-state index contributed by atoms with van der Waals surface area (Å²) in [6.07, 6.45) is 1.67. The zero-order chi connectivity index (χ0) is 4.24. The summed E-state index contributed by atoms with van der Waals surface area (Å²) in [5.74, 6) is 0. The van der Waals surface area contributed by atoms with E-state index in [-0.39, 0.29) is 0 Å². The zero-order valence-electron chi connectivity index (χ0n) is 3.14. The first-order valence-corrected chi connectivity index (χ1v) is 2.44. The van der Waals surface area contributed by atoms with Crippen LogP contribution in [0, 0.1) is 0 Å². The van der Waals surface area contributed by atoms with Gasteiger partial charge in [-0.1, -0.05) is 0 Å². The second-order valence-corrected chi connectivity index (χ2v) is 1.56. The molecular formula is C2H5N3S. The van der Waals surface area contributed by atoms with Crippen molar-refractivity contribution in [2.75, 3.05) is 6.67 Å². The molecule has 0 aromatic carbocycles. The summed E-state index contributed by atoms with van der Waals surface area (Å²) in [4.78, 5) is 3.81. The molecule has 0 unspecified atom stereocenters. The van der Waals surface area contributed by atoms with E-state index in [1.54, 1.807) is 6.34 Å². The molecule has 0 aliphatic carbocycles. The van der Waals surface area contributed by atoms with Crippen LogP contribution in [0.3, 0.4) is 0 Å². The highest BCUT2D eigenvalue weighted by Gasteiger charge is 1.83. The van der Waals surface area contributed by atoms with E-state index in [2.05, 4.69) is 14.4 Å². The summed E-state index contributed by atoms with van der Waals surface area (Å²) in [6, 6.07) is 0. The van der Waals surface area contributed by atoms with Crippen molar-refractivity contribution in [3.63, 3.8) is 0 Å². The van der Waals surface area contributed by atoms with Crippen molar-refractivity contribution in [3.05, 3.63) is 0 Å². The Kier molecular flexibility index (Phi) is 1.35. The van der Waals surface area contributed by atoms with Gasteiger partial charge >= 0.3 is 0 Å². The van der Waals surface area contributed by atoms with Crippen LogP contribution in [0.25, 0.3) is 0 Å². The van der Waals surface area contributed by atoms with Gasteiger partial charge < -0.3 is 4.72 Å². The van der Waals surface area contributed by atoms with Crippen molar-refractivity contribution >= 4 is 18.5 Å². The molecule has 0 aromatic rings. The molecule has 0 amide bonds. The fourth-order valence-electron chi connectivity index (χ4n) is 0.220. The lowest BCUT2D eigenvalue weighted by Crippen LogP contribution is -2.18. The fourth-order valence-corrected chi connectivity index (χ4v) is 0.570. The van der Waals surface area contributed by atoms with Crippen LogP contribution in [0.1, 0.15) is 0 Å². The van der Waals surface area contributed by atoms with Crippen molar-refractivity contribution < 1.29 is 0 Å². The average Bonchev–Trinajstić information content (AvgIpc) is 1.72.